The van der Waals surface area contributed by atoms with Gasteiger partial charge in [0.1, 0.15) is 17.2 Å². The summed E-state index contributed by atoms with van der Waals surface area (Å²) in [4.78, 5) is 13.8. The molecule has 1 saturated heterocycles. The summed E-state index contributed by atoms with van der Waals surface area (Å²) in [5.74, 6) is -0.404. The first-order valence-electron chi connectivity index (χ1n) is 11.1. The number of hydrogen-bond donors (Lipinski definition) is 3. The molecule has 0 unspecified atom stereocenters. The summed E-state index contributed by atoms with van der Waals surface area (Å²) in [5.41, 5.74) is 1.35. The van der Waals surface area contributed by atoms with Gasteiger partial charge in [0, 0.05) is 31.4 Å². The fourth-order valence-corrected chi connectivity index (χ4v) is 4.45. The maximum Gasteiger partial charge on any atom is 0.224 e. The topological polar surface area (TPSA) is 97.1 Å². The van der Waals surface area contributed by atoms with Crippen LogP contribution in [0.5, 0.6) is 0 Å². The summed E-state index contributed by atoms with van der Waals surface area (Å²) in [6, 6.07) is 3.67. The number of halogens is 2. The van der Waals surface area contributed by atoms with Crippen molar-refractivity contribution in [3.63, 3.8) is 0 Å². The number of fused-ring (bicyclic) bond motifs is 1. The average molecular weight is 444 g/mol. The van der Waals surface area contributed by atoms with Crippen LogP contribution in [0.2, 0.25) is 0 Å². The van der Waals surface area contributed by atoms with Gasteiger partial charge in [-0.2, -0.15) is 4.98 Å². The molecule has 10 heteroatoms. The minimum absolute atomic E-state index is 0.0419. The van der Waals surface area contributed by atoms with Crippen molar-refractivity contribution in [2.45, 2.75) is 56.7 Å². The SMILES string of the molecule is OC1CCC(n2c(Nc3ccc(F)cc3F)nc3cnc(NC4CCOCC4)nc32)CC1. The fourth-order valence-electron chi connectivity index (χ4n) is 4.45. The van der Waals surface area contributed by atoms with Crippen molar-refractivity contribution >= 4 is 28.7 Å². The Hall–Kier alpha value is -2.85. The predicted octanol–water partition coefficient (Wildman–Crippen LogP) is 3.92. The smallest absolute Gasteiger partial charge is 0.224 e. The monoisotopic (exact) mass is 444 g/mol. The van der Waals surface area contributed by atoms with Gasteiger partial charge in [-0.25, -0.2) is 18.7 Å². The van der Waals surface area contributed by atoms with E-state index in [0.29, 0.717) is 49.1 Å². The number of aliphatic hydroxyl groups is 1. The standard InChI is InChI=1S/C22H26F2N6O2/c23-13-1-6-18(17(24)11-13)27-22-28-19-12-25-21(26-14-7-9-32-10-8-14)29-20(19)30(22)15-2-4-16(31)5-3-15/h1,6,11-12,14-16,31H,2-5,7-10H2,(H,27,28)(H,25,26,29). The van der Waals surface area contributed by atoms with E-state index in [1.807, 2.05) is 4.57 Å². The van der Waals surface area contributed by atoms with E-state index in [2.05, 4.69) is 20.6 Å². The van der Waals surface area contributed by atoms with Crippen molar-refractivity contribution in [3.05, 3.63) is 36.0 Å². The molecule has 3 heterocycles. The third-order valence-electron chi connectivity index (χ3n) is 6.20. The second kappa shape index (κ2) is 8.95. The summed E-state index contributed by atoms with van der Waals surface area (Å²) in [7, 11) is 0. The van der Waals surface area contributed by atoms with Crippen LogP contribution in [0.1, 0.15) is 44.6 Å². The Balaban J connectivity index is 1.51. The number of nitrogens with one attached hydrogen (secondary N) is 2. The van der Waals surface area contributed by atoms with E-state index in [0.717, 1.165) is 31.7 Å². The number of hydrogen-bond acceptors (Lipinski definition) is 7. The van der Waals surface area contributed by atoms with Crippen molar-refractivity contribution in [2.24, 2.45) is 0 Å². The first-order chi connectivity index (χ1) is 15.6. The lowest BCUT2D eigenvalue weighted by Gasteiger charge is -2.28. The van der Waals surface area contributed by atoms with Gasteiger partial charge in [-0.15, -0.1) is 0 Å². The third kappa shape index (κ3) is 4.37. The summed E-state index contributed by atoms with van der Waals surface area (Å²) < 4.78 is 35.0. The van der Waals surface area contributed by atoms with E-state index in [9.17, 15) is 13.9 Å². The number of ether oxygens (including phenoxy) is 1. The zero-order valence-electron chi connectivity index (χ0n) is 17.6. The normalized spacial score (nSPS) is 22.2. The molecule has 8 nitrogen and oxygen atoms in total. The van der Waals surface area contributed by atoms with E-state index in [1.165, 1.54) is 12.1 Å². The van der Waals surface area contributed by atoms with Gasteiger partial charge in [0.25, 0.3) is 0 Å². The van der Waals surface area contributed by atoms with E-state index >= 15 is 0 Å². The minimum atomic E-state index is -0.698. The molecule has 0 amide bonds. The van der Waals surface area contributed by atoms with Crippen molar-refractivity contribution in [1.82, 2.24) is 19.5 Å². The molecule has 3 N–H and O–H groups in total. The van der Waals surface area contributed by atoms with Crippen LogP contribution < -0.4 is 10.6 Å². The molecule has 170 valence electrons. The first kappa shape index (κ1) is 21.0. The molecule has 5 rings (SSSR count). The molecule has 0 spiro atoms. The van der Waals surface area contributed by atoms with Crippen LogP contribution in [0, 0.1) is 11.6 Å². The highest BCUT2D eigenvalue weighted by atomic mass is 19.1. The Morgan fingerprint density at radius 3 is 2.56 bits per heavy atom. The largest absolute Gasteiger partial charge is 0.393 e. The number of nitrogens with zero attached hydrogens (tertiary/aromatic N) is 4. The highest BCUT2D eigenvalue weighted by Gasteiger charge is 2.27. The lowest BCUT2D eigenvalue weighted by atomic mass is 9.93. The fraction of sp³-hybridized carbons (Fsp3) is 0.500. The molecule has 1 aliphatic heterocycles. The maximum absolute atomic E-state index is 14.3. The number of aromatic nitrogens is 4. The predicted molar refractivity (Wildman–Crippen MR) is 116 cm³/mol. The highest BCUT2D eigenvalue weighted by molar-refractivity contribution is 5.76. The molecule has 1 saturated carbocycles. The molecule has 2 fully saturated rings. The Morgan fingerprint density at radius 1 is 1.03 bits per heavy atom. The van der Waals surface area contributed by atoms with E-state index in [4.69, 9.17) is 9.72 Å². The van der Waals surface area contributed by atoms with Gasteiger partial charge in [0.15, 0.2) is 5.65 Å². The van der Waals surface area contributed by atoms with Gasteiger partial charge in [-0.1, -0.05) is 0 Å². The van der Waals surface area contributed by atoms with Gasteiger partial charge in [-0.05, 0) is 50.7 Å². The van der Waals surface area contributed by atoms with Crippen LogP contribution in [-0.2, 0) is 4.74 Å². The molecule has 3 aromatic rings. The Labute approximate surface area is 184 Å². The van der Waals surface area contributed by atoms with Crippen LogP contribution in [-0.4, -0.2) is 50.0 Å². The molecule has 1 aliphatic carbocycles. The average Bonchev–Trinajstić information content (AvgIpc) is 3.14. The van der Waals surface area contributed by atoms with Crippen LogP contribution in [0.4, 0.5) is 26.4 Å². The van der Waals surface area contributed by atoms with Crippen LogP contribution in [0.3, 0.4) is 0 Å². The Morgan fingerprint density at radius 2 is 1.81 bits per heavy atom. The van der Waals surface area contributed by atoms with Crippen molar-refractivity contribution < 1.29 is 18.6 Å². The van der Waals surface area contributed by atoms with Gasteiger partial charge >= 0.3 is 0 Å². The Kier molecular flexibility index (Phi) is 5.88. The third-order valence-corrected chi connectivity index (χ3v) is 6.20. The van der Waals surface area contributed by atoms with Gasteiger partial charge in [0.05, 0.1) is 18.0 Å². The summed E-state index contributed by atoms with van der Waals surface area (Å²) in [6.07, 6.45) is 5.96. The molecule has 2 aliphatic rings. The molecular weight excluding hydrogens is 418 g/mol. The number of benzene rings is 1. The number of rotatable bonds is 5. The quantitative estimate of drug-likeness (QED) is 0.549. The highest BCUT2D eigenvalue weighted by Crippen LogP contribution is 2.35. The van der Waals surface area contributed by atoms with E-state index in [-0.39, 0.29) is 23.9 Å². The molecule has 1 aromatic carbocycles. The second-order valence-corrected chi connectivity index (χ2v) is 8.45. The molecule has 0 bridgehead atoms. The van der Waals surface area contributed by atoms with Crippen LogP contribution >= 0.6 is 0 Å². The molecule has 0 radical (unpaired) electrons. The lowest BCUT2D eigenvalue weighted by molar-refractivity contribution is 0.0903. The van der Waals surface area contributed by atoms with Gasteiger partial charge in [0.2, 0.25) is 11.9 Å². The molecule has 32 heavy (non-hydrogen) atoms. The summed E-state index contributed by atoms with van der Waals surface area (Å²) in [5, 5.41) is 16.3. The summed E-state index contributed by atoms with van der Waals surface area (Å²) in [6.45, 7) is 1.42. The van der Waals surface area contributed by atoms with Crippen LogP contribution in [0.15, 0.2) is 24.4 Å². The molecular formula is C22H26F2N6O2. The van der Waals surface area contributed by atoms with Crippen molar-refractivity contribution in [3.8, 4) is 0 Å². The number of aliphatic hydroxyl groups excluding tert-OH is 1. The van der Waals surface area contributed by atoms with Crippen molar-refractivity contribution in [2.75, 3.05) is 23.8 Å². The van der Waals surface area contributed by atoms with Crippen LogP contribution in [0.25, 0.3) is 11.2 Å². The number of anilines is 3. The Bertz CT molecular complexity index is 1090. The van der Waals surface area contributed by atoms with Gasteiger partial charge < -0.3 is 20.5 Å². The van der Waals surface area contributed by atoms with E-state index < -0.39 is 11.6 Å². The first-order valence-corrected chi connectivity index (χ1v) is 11.1. The minimum Gasteiger partial charge on any atom is -0.393 e. The zero-order valence-corrected chi connectivity index (χ0v) is 17.6. The lowest BCUT2D eigenvalue weighted by Crippen LogP contribution is -2.28. The number of imidazole rings is 1. The molecule has 0 atom stereocenters. The summed E-state index contributed by atoms with van der Waals surface area (Å²) >= 11 is 0. The van der Waals surface area contributed by atoms with E-state index in [1.54, 1.807) is 6.20 Å². The van der Waals surface area contributed by atoms with Gasteiger partial charge in [-0.3, -0.25) is 4.57 Å². The second-order valence-electron chi connectivity index (χ2n) is 8.45. The molecule has 2 aromatic heterocycles. The maximum atomic E-state index is 14.3. The zero-order chi connectivity index (χ0) is 22.1. The van der Waals surface area contributed by atoms with Crippen molar-refractivity contribution in [1.29, 1.82) is 0 Å².